The van der Waals surface area contributed by atoms with E-state index in [0.29, 0.717) is 17.7 Å². The smallest absolute Gasteiger partial charge is 0.249 e. The van der Waals surface area contributed by atoms with E-state index in [1.54, 1.807) is 6.20 Å². The molecule has 0 aliphatic carbocycles. The van der Waals surface area contributed by atoms with Crippen LogP contribution >= 0.6 is 0 Å². The average Bonchev–Trinajstić information content (AvgIpc) is 2.65. The number of amides is 1. The number of rotatable bonds is 6. The SMILES string of the molecule is CC(=O)Nc1ccc(Nc2nncc(Nc3c(C)cccc3C(C)C)n2)cc1. The lowest BCUT2D eigenvalue weighted by atomic mass is 9.98. The molecule has 28 heavy (non-hydrogen) atoms. The molecule has 144 valence electrons. The molecule has 0 saturated heterocycles. The van der Waals surface area contributed by atoms with Crippen molar-refractivity contribution in [1.29, 1.82) is 0 Å². The van der Waals surface area contributed by atoms with Crippen molar-refractivity contribution in [3.63, 3.8) is 0 Å². The van der Waals surface area contributed by atoms with Crippen molar-refractivity contribution >= 4 is 34.7 Å². The van der Waals surface area contributed by atoms with Crippen molar-refractivity contribution in [3.05, 3.63) is 59.8 Å². The van der Waals surface area contributed by atoms with Gasteiger partial charge in [0.2, 0.25) is 11.9 Å². The molecule has 1 amide bonds. The maximum Gasteiger partial charge on any atom is 0.249 e. The Labute approximate surface area is 164 Å². The molecule has 0 radical (unpaired) electrons. The number of aryl methyl sites for hydroxylation is 1. The third-order valence-electron chi connectivity index (χ3n) is 4.20. The normalized spacial score (nSPS) is 10.6. The highest BCUT2D eigenvalue weighted by molar-refractivity contribution is 5.88. The molecule has 0 atom stereocenters. The number of carbonyl (C=O) groups is 1. The highest BCUT2D eigenvalue weighted by atomic mass is 16.1. The number of anilines is 5. The Hall–Kier alpha value is -3.48. The van der Waals surface area contributed by atoms with Gasteiger partial charge in [0, 0.05) is 24.0 Å². The summed E-state index contributed by atoms with van der Waals surface area (Å²) in [5.41, 5.74) is 4.94. The summed E-state index contributed by atoms with van der Waals surface area (Å²) in [5, 5.41) is 17.3. The minimum atomic E-state index is -0.107. The Kier molecular flexibility index (Phi) is 5.84. The van der Waals surface area contributed by atoms with Crippen LogP contribution in [0.1, 0.15) is 37.8 Å². The van der Waals surface area contributed by atoms with Gasteiger partial charge in [-0.1, -0.05) is 32.0 Å². The van der Waals surface area contributed by atoms with Crippen molar-refractivity contribution in [2.24, 2.45) is 0 Å². The van der Waals surface area contributed by atoms with Crippen LogP contribution in [0.5, 0.6) is 0 Å². The van der Waals surface area contributed by atoms with E-state index in [2.05, 4.69) is 70.1 Å². The predicted molar refractivity (Wildman–Crippen MR) is 112 cm³/mol. The van der Waals surface area contributed by atoms with Crippen molar-refractivity contribution in [3.8, 4) is 0 Å². The van der Waals surface area contributed by atoms with Crippen molar-refractivity contribution in [2.75, 3.05) is 16.0 Å². The van der Waals surface area contributed by atoms with Crippen LogP contribution in [-0.2, 0) is 4.79 Å². The van der Waals surface area contributed by atoms with Gasteiger partial charge in [-0.25, -0.2) is 0 Å². The second-order valence-corrected chi connectivity index (χ2v) is 6.87. The topological polar surface area (TPSA) is 91.8 Å². The minimum Gasteiger partial charge on any atom is -0.338 e. The first-order valence-electron chi connectivity index (χ1n) is 9.13. The highest BCUT2D eigenvalue weighted by Crippen LogP contribution is 2.29. The molecular formula is C21H24N6O. The van der Waals surface area contributed by atoms with Gasteiger partial charge in [0.15, 0.2) is 5.82 Å². The summed E-state index contributed by atoms with van der Waals surface area (Å²) in [6.07, 6.45) is 1.60. The van der Waals surface area contributed by atoms with Crippen LogP contribution in [-0.4, -0.2) is 21.1 Å². The van der Waals surface area contributed by atoms with Gasteiger partial charge in [0.05, 0.1) is 6.20 Å². The van der Waals surface area contributed by atoms with E-state index < -0.39 is 0 Å². The van der Waals surface area contributed by atoms with E-state index in [-0.39, 0.29) is 5.91 Å². The van der Waals surface area contributed by atoms with E-state index in [4.69, 9.17) is 0 Å². The predicted octanol–water partition coefficient (Wildman–Crippen LogP) is 4.75. The number of nitrogens with one attached hydrogen (secondary N) is 3. The van der Waals surface area contributed by atoms with Crippen LogP contribution in [0.2, 0.25) is 0 Å². The number of aromatic nitrogens is 3. The van der Waals surface area contributed by atoms with Gasteiger partial charge in [-0.05, 0) is 48.2 Å². The van der Waals surface area contributed by atoms with E-state index in [9.17, 15) is 4.79 Å². The number of benzene rings is 2. The van der Waals surface area contributed by atoms with E-state index in [0.717, 1.165) is 22.6 Å². The first kappa shape index (κ1) is 19.3. The number of hydrogen-bond acceptors (Lipinski definition) is 6. The molecule has 3 N–H and O–H groups in total. The zero-order valence-corrected chi connectivity index (χ0v) is 16.4. The molecule has 0 unspecified atom stereocenters. The molecular weight excluding hydrogens is 352 g/mol. The molecule has 1 heterocycles. The first-order valence-corrected chi connectivity index (χ1v) is 9.13. The summed E-state index contributed by atoms with van der Waals surface area (Å²) in [6, 6.07) is 13.5. The standard InChI is InChI=1S/C21H24N6O/c1-13(2)18-7-5-6-14(3)20(18)25-19-12-22-27-21(26-19)24-17-10-8-16(9-11-17)23-15(4)28/h5-13H,1-4H3,(H,23,28)(H2,24,25,26,27). The second-order valence-electron chi connectivity index (χ2n) is 6.87. The Morgan fingerprint density at radius 3 is 2.39 bits per heavy atom. The number of carbonyl (C=O) groups excluding carboxylic acids is 1. The second kappa shape index (κ2) is 8.47. The fourth-order valence-electron chi connectivity index (χ4n) is 2.86. The van der Waals surface area contributed by atoms with Crippen LogP contribution in [0, 0.1) is 6.92 Å². The molecule has 7 nitrogen and oxygen atoms in total. The molecule has 0 spiro atoms. The molecule has 7 heteroatoms. The van der Waals surface area contributed by atoms with Crippen molar-refractivity contribution in [2.45, 2.75) is 33.6 Å². The maximum absolute atomic E-state index is 11.1. The molecule has 1 aromatic heterocycles. The largest absolute Gasteiger partial charge is 0.338 e. The molecule has 2 aromatic carbocycles. The van der Waals surface area contributed by atoms with E-state index in [1.807, 2.05) is 24.3 Å². The Bertz CT molecular complexity index is 969. The number of para-hydroxylation sites is 1. The van der Waals surface area contributed by atoms with E-state index in [1.165, 1.54) is 12.5 Å². The quantitative estimate of drug-likeness (QED) is 0.575. The molecule has 0 aliphatic heterocycles. The summed E-state index contributed by atoms with van der Waals surface area (Å²) in [5.74, 6) is 1.28. The lowest BCUT2D eigenvalue weighted by Crippen LogP contribution is -2.06. The lowest BCUT2D eigenvalue weighted by Gasteiger charge is -2.17. The highest BCUT2D eigenvalue weighted by Gasteiger charge is 2.11. The van der Waals surface area contributed by atoms with Crippen molar-refractivity contribution in [1.82, 2.24) is 15.2 Å². The minimum absolute atomic E-state index is 0.107. The van der Waals surface area contributed by atoms with Gasteiger partial charge >= 0.3 is 0 Å². The lowest BCUT2D eigenvalue weighted by molar-refractivity contribution is -0.114. The van der Waals surface area contributed by atoms with Gasteiger partial charge in [-0.2, -0.15) is 10.1 Å². The Morgan fingerprint density at radius 2 is 1.71 bits per heavy atom. The average molecular weight is 376 g/mol. The van der Waals surface area contributed by atoms with Crippen LogP contribution in [0.15, 0.2) is 48.7 Å². The van der Waals surface area contributed by atoms with Gasteiger partial charge < -0.3 is 16.0 Å². The number of hydrogen-bond donors (Lipinski definition) is 3. The fraction of sp³-hybridized carbons (Fsp3) is 0.238. The fourth-order valence-corrected chi connectivity index (χ4v) is 2.86. The van der Waals surface area contributed by atoms with Crippen LogP contribution in [0.3, 0.4) is 0 Å². The number of nitrogens with zero attached hydrogens (tertiary/aromatic N) is 3. The Morgan fingerprint density at radius 1 is 1.00 bits per heavy atom. The zero-order chi connectivity index (χ0) is 20.1. The monoisotopic (exact) mass is 376 g/mol. The van der Waals surface area contributed by atoms with Crippen molar-refractivity contribution < 1.29 is 4.79 Å². The summed E-state index contributed by atoms with van der Waals surface area (Å²) in [7, 11) is 0. The summed E-state index contributed by atoms with van der Waals surface area (Å²) in [6.45, 7) is 7.87. The molecule has 0 fully saturated rings. The van der Waals surface area contributed by atoms with Crippen LogP contribution in [0.25, 0.3) is 0 Å². The van der Waals surface area contributed by atoms with Crippen LogP contribution < -0.4 is 16.0 Å². The summed E-state index contributed by atoms with van der Waals surface area (Å²) in [4.78, 5) is 15.6. The Balaban J connectivity index is 1.77. The molecule has 0 saturated carbocycles. The zero-order valence-electron chi connectivity index (χ0n) is 16.4. The van der Waals surface area contributed by atoms with E-state index >= 15 is 0 Å². The van der Waals surface area contributed by atoms with Crippen LogP contribution in [0.4, 0.5) is 28.8 Å². The maximum atomic E-state index is 11.1. The third-order valence-corrected chi connectivity index (χ3v) is 4.20. The first-order chi connectivity index (χ1) is 13.4. The van der Waals surface area contributed by atoms with Gasteiger partial charge in [-0.15, -0.1) is 5.10 Å². The molecule has 3 aromatic rings. The van der Waals surface area contributed by atoms with Gasteiger partial charge in [0.1, 0.15) is 0 Å². The molecule has 3 rings (SSSR count). The van der Waals surface area contributed by atoms with Gasteiger partial charge in [0.25, 0.3) is 0 Å². The van der Waals surface area contributed by atoms with Gasteiger partial charge in [-0.3, -0.25) is 4.79 Å². The summed E-state index contributed by atoms with van der Waals surface area (Å²) < 4.78 is 0. The summed E-state index contributed by atoms with van der Waals surface area (Å²) >= 11 is 0. The third kappa shape index (κ3) is 4.82. The molecule has 0 bridgehead atoms. The molecule has 0 aliphatic rings.